The van der Waals surface area contributed by atoms with E-state index in [1.807, 2.05) is 36.0 Å². The summed E-state index contributed by atoms with van der Waals surface area (Å²) >= 11 is 3.41. The lowest BCUT2D eigenvalue weighted by molar-refractivity contribution is 0.0631. The Hall–Kier alpha value is -3.07. The van der Waals surface area contributed by atoms with Crippen molar-refractivity contribution in [2.75, 3.05) is 6.54 Å². The van der Waals surface area contributed by atoms with Crippen molar-refractivity contribution in [3.8, 4) is 11.3 Å². The van der Waals surface area contributed by atoms with E-state index in [9.17, 15) is 9.18 Å². The molecule has 0 saturated carbocycles. The van der Waals surface area contributed by atoms with Crippen molar-refractivity contribution < 1.29 is 9.18 Å². The zero-order valence-corrected chi connectivity index (χ0v) is 17.0. The topological polar surface area (TPSA) is 68.3 Å². The van der Waals surface area contributed by atoms with Crippen molar-refractivity contribution in [3.05, 3.63) is 70.9 Å². The van der Waals surface area contributed by atoms with Crippen LogP contribution in [0.4, 0.5) is 4.39 Å². The van der Waals surface area contributed by atoms with Gasteiger partial charge in [0.2, 0.25) is 5.95 Å². The molecular formula is C20H16BrFN6O. The van der Waals surface area contributed by atoms with E-state index in [4.69, 9.17) is 0 Å². The van der Waals surface area contributed by atoms with Crippen LogP contribution in [0.5, 0.6) is 0 Å². The Morgan fingerprint density at radius 1 is 1.24 bits per heavy atom. The van der Waals surface area contributed by atoms with Crippen molar-refractivity contribution in [2.45, 2.75) is 19.5 Å². The predicted octanol–water partition coefficient (Wildman–Crippen LogP) is 3.71. The van der Waals surface area contributed by atoms with Crippen LogP contribution in [0.3, 0.4) is 0 Å². The summed E-state index contributed by atoms with van der Waals surface area (Å²) in [5.41, 5.74) is 2.10. The second-order valence-corrected chi connectivity index (χ2v) is 7.86. The quantitative estimate of drug-likeness (QED) is 0.433. The molecule has 0 saturated heterocycles. The van der Waals surface area contributed by atoms with Crippen molar-refractivity contribution in [3.63, 3.8) is 0 Å². The SMILES string of the molecule is CC1c2nc(-c3cccnc3F)cn2CCN1C(=O)c1cc2ccc(Br)cn2n1. The van der Waals surface area contributed by atoms with E-state index in [2.05, 4.69) is 31.0 Å². The van der Waals surface area contributed by atoms with Gasteiger partial charge >= 0.3 is 0 Å². The summed E-state index contributed by atoms with van der Waals surface area (Å²) < 4.78 is 18.6. The van der Waals surface area contributed by atoms with Gasteiger partial charge in [0.15, 0.2) is 5.69 Å². The molecule has 9 heteroatoms. The van der Waals surface area contributed by atoms with E-state index in [1.54, 1.807) is 27.6 Å². The van der Waals surface area contributed by atoms with Crippen molar-refractivity contribution in [1.82, 2.24) is 29.0 Å². The number of hydrogen-bond acceptors (Lipinski definition) is 4. The van der Waals surface area contributed by atoms with Crippen LogP contribution in [-0.4, -0.2) is 41.5 Å². The minimum absolute atomic E-state index is 0.152. The van der Waals surface area contributed by atoms with Crippen LogP contribution in [0.2, 0.25) is 0 Å². The number of carbonyl (C=O) groups is 1. The number of amides is 1. The van der Waals surface area contributed by atoms with Gasteiger partial charge in [0.05, 0.1) is 22.8 Å². The lowest BCUT2D eigenvalue weighted by atomic mass is 10.2. The van der Waals surface area contributed by atoms with Gasteiger partial charge in [-0.15, -0.1) is 0 Å². The fourth-order valence-electron chi connectivity index (χ4n) is 3.69. The number of aromatic nitrogens is 5. The Bertz CT molecular complexity index is 1250. The molecule has 4 aromatic rings. The van der Waals surface area contributed by atoms with Crippen LogP contribution in [-0.2, 0) is 6.54 Å². The standard InChI is InChI=1S/C20H16BrFN6O/c1-12-19-24-17(15-3-2-6-23-18(15)22)11-26(19)7-8-27(12)20(29)16-9-14-5-4-13(21)10-28(14)25-16/h2-6,9-12H,7-8H2,1H3. The molecule has 5 heterocycles. The van der Waals surface area contributed by atoms with Gasteiger partial charge in [-0.2, -0.15) is 9.49 Å². The number of nitrogens with zero attached hydrogens (tertiary/aromatic N) is 6. The summed E-state index contributed by atoms with van der Waals surface area (Å²) in [6.07, 6.45) is 5.04. The third-order valence-electron chi connectivity index (χ3n) is 5.17. The first kappa shape index (κ1) is 18.0. The van der Waals surface area contributed by atoms with Crippen molar-refractivity contribution in [2.24, 2.45) is 0 Å². The van der Waals surface area contributed by atoms with E-state index < -0.39 is 5.95 Å². The van der Waals surface area contributed by atoms with E-state index in [1.165, 1.54) is 6.20 Å². The summed E-state index contributed by atoms with van der Waals surface area (Å²) in [7, 11) is 0. The molecule has 1 aliphatic rings. The highest BCUT2D eigenvalue weighted by Crippen LogP contribution is 2.30. The molecule has 0 fully saturated rings. The molecule has 1 atom stereocenters. The Balaban J connectivity index is 1.46. The Morgan fingerprint density at radius 3 is 2.93 bits per heavy atom. The molecule has 1 amide bonds. The van der Waals surface area contributed by atoms with Crippen molar-refractivity contribution >= 4 is 27.4 Å². The minimum Gasteiger partial charge on any atom is -0.331 e. The predicted molar refractivity (Wildman–Crippen MR) is 108 cm³/mol. The fraction of sp³-hybridized carbons (Fsp3) is 0.200. The Morgan fingerprint density at radius 2 is 2.10 bits per heavy atom. The van der Waals surface area contributed by atoms with Crippen LogP contribution in [0.25, 0.3) is 16.8 Å². The summed E-state index contributed by atoms with van der Waals surface area (Å²) in [4.78, 5) is 23.2. The maximum atomic E-state index is 14.1. The molecule has 29 heavy (non-hydrogen) atoms. The number of carbonyl (C=O) groups excluding carboxylic acids is 1. The monoisotopic (exact) mass is 454 g/mol. The molecule has 0 aliphatic carbocycles. The molecule has 5 rings (SSSR count). The van der Waals surface area contributed by atoms with Gasteiger partial charge in [-0.25, -0.2) is 14.5 Å². The summed E-state index contributed by atoms with van der Waals surface area (Å²) in [5.74, 6) is 0.00874. The molecule has 7 nitrogen and oxygen atoms in total. The van der Waals surface area contributed by atoms with Crippen LogP contribution in [0.1, 0.15) is 29.3 Å². The van der Waals surface area contributed by atoms with Gasteiger partial charge in [-0.05, 0) is 53.2 Å². The highest BCUT2D eigenvalue weighted by Gasteiger charge is 2.32. The van der Waals surface area contributed by atoms with Gasteiger partial charge in [0, 0.05) is 36.2 Å². The Labute approximate surface area is 173 Å². The van der Waals surface area contributed by atoms with Crippen LogP contribution >= 0.6 is 15.9 Å². The largest absolute Gasteiger partial charge is 0.331 e. The Kier molecular flexibility index (Phi) is 4.20. The van der Waals surface area contributed by atoms with Crippen LogP contribution < -0.4 is 0 Å². The van der Waals surface area contributed by atoms with Crippen LogP contribution in [0, 0.1) is 5.95 Å². The molecule has 0 N–H and O–H groups in total. The lowest BCUT2D eigenvalue weighted by Gasteiger charge is -2.33. The highest BCUT2D eigenvalue weighted by molar-refractivity contribution is 9.10. The second-order valence-electron chi connectivity index (χ2n) is 6.94. The molecule has 4 aromatic heterocycles. The van der Waals surface area contributed by atoms with Crippen molar-refractivity contribution in [1.29, 1.82) is 0 Å². The molecule has 0 aromatic carbocycles. The maximum absolute atomic E-state index is 14.1. The van der Waals surface area contributed by atoms with Crippen LogP contribution in [0.15, 0.2) is 53.4 Å². The number of hydrogen-bond donors (Lipinski definition) is 0. The zero-order valence-electron chi connectivity index (χ0n) is 15.5. The molecule has 0 spiro atoms. The molecular weight excluding hydrogens is 439 g/mol. The normalized spacial score (nSPS) is 16.2. The first-order valence-electron chi connectivity index (χ1n) is 9.15. The fourth-order valence-corrected chi connectivity index (χ4v) is 4.01. The first-order chi connectivity index (χ1) is 14.0. The van der Waals surface area contributed by atoms with E-state index in [0.717, 1.165) is 15.8 Å². The third-order valence-corrected chi connectivity index (χ3v) is 5.64. The number of pyridine rings is 2. The molecule has 0 bridgehead atoms. The minimum atomic E-state index is -0.556. The number of rotatable bonds is 2. The van der Waals surface area contributed by atoms with Gasteiger partial charge in [-0.1, -0.05) is 0 Å². The van der Waals surface area contributed by atoms with E-state index >= 15 is 0 Å². The highest BCUT2D eigenvalue weighted by atomic mass is 79.9. The average Bonchev–Trinajstić information content (AvgIpc) is 3.32. The van der Waals surface area contributed by atoms with Gasteiger partial charge in [0.25, 0.3) is 5.91 Å². The van der Waals surface area contributed by atoms with E-state index in [0.29, 0.717) is 30.0 Å². The summed E-state index contributed by atoms with van der Waals surface area (Å²) in [5, 5.41) is 4.41. The number of imidazole rings is 1. The van der Waals surface area contributed by atoms with Gasteiger partial charge in [-0.3, -0.25) is 4.79 Å². The molecule has 0 radical (unpaired) electrons. The second kappa shape index (κ2) is 6.77. The molecule has 1 aliphatic heterocycles. The zero-order chi connectivity index (χ0) is 20.1. The average molecular weight is 455 g/mol. The maximum Gasteiger partial charge on any atom is 0.275 e. The number of halogens is 2. The molecule has 1 unspecified atom stereocenters. The lowest BCUT2D eigenvalue weighted by Crippen LogP contribution is -2.41. The number of fused-ring (bicyclic) bond motifs is 2. The third kappa shape index (κ3) is 3.02. The summed E-state index contributed by atoms with van der Waals surface area (Å²) in [6, 6.07) is 8.65. The van der Waals surface area contributed by atoms with E-state index in [-0.39, 0.29) is 11.9 Å². The smallest absolute Gasteiger partial charge is 0.275 e. The first-order valence-corrected chi connectivity index (χ1v) is 9.94. The van der Waals surface area contributed by atoms with Gasteiger partial charge < -0.3 is 9.47 Å². The van der Waals surface area contributed by atoms with Gasteiger partial charge in [0.1, 0.15) is 5.82 Å². The molecule has 146 valence electrons. The summed E-state index contributed by atoms with van der Waals surface area (Å²) in [6.45, 7) is 3.03.